The molecule has 4 rings (SSSR count). The minimum atomic E-state index is 0.0795. The highest BCUT2D eigenvalue weighted by Crippen LogP contribution is 2.23. The van der Waals surface area contributed by atoms with Crippen LogP contribution in [0.25, 0.3) is 0 Å². The molecule has 0 N–H and O–H groups in total. The molecular formula is C20H22N2O2S. The van der Waals surface area contributed by atoms with Crippen molar-refractivity contribution in [3.05, 3.63) is 57.3 Å². The third-order valence-corrected chi connectivity index (χ3v) is 6.04. The Morgan fingerprint density at radius 2 is 1.52 bits per heavy atom. The molecule has 0 radical (unpaired) electrons. The maximum Gasteiger partial charge on any atom is 0.264 e. The van der Waals surface area contributed by atoms with Crippen molar-refractivity contribution < 1.29 is 9.59 Å². The summed E-state index contributed by atoms with van der Waals surface area (Å²) in [5.74, 6) is 0.174. The van der Waals surface area contributed by atoms with Gasteiger partial charge in [-0.3, -0.25) is 9.59 Å². The van der Waals surface area contributed by atoms with E-state index in [-0.39, 0.29) is 11.8 Å². The van der Waals surface area contributed by atoms with E-state index in [9.17, 15) is 9.59 Å². The molecule has 1 saturated heterocycles. The van der Waals surface area contributed by atoms with Gasteiger partial charge in [0.2, 0.25) is 0 Å². The predicted octanol–water partition coefficient (Wildman–Crippen LogP) is 3.23. The largest absolute Gasteiger partial charge is 0.335 e. The number of fused-ring (bicyclic) bond motifs is 1. The van der Waals surface area contributed by atoms with E-state index in [1.807, 2.05) is 33.4 Å². The van der Waals surface area contributed by atoms with Crippen LogP contribution in [0.4, 0.5) is 0 Å². The third-order valence-electron chi connectivity index (χ3n) is 5.18. The number of carbonyl (C=O) groups excluding carboxylic acids is 2. The van der Waals surface area contributed by atoms with Crippen LogP contribution in [0.5, 0.6) is 0 Å². The molecular weight excluding hydrogens is 332 g/mol. The van der Waals surface area contributed by atoms with Crippen molar-refractivity contribution in [1.82, 2.24) is 9.80 Å². The summed E-state index contributed by atoms with van der Waals surface area (Å²) in [5, 5.41) is 1.92. The van der Waals surface area contributed by atoms with Crippen molar-refractivity contribution in [3.8, 4) is 0 Å². The van der Waals surface area contributed by atoms with Gasteiger partial charge in [0.05, 0.1) is 4.88 Å². The summed E-state index contributed by atoms with van der Waals surface area (Å²) in [6, 6.07) is 9.93. The monoisotopic (exact) mass is 354 g/mol. The van der Waals surface area contributed by atoms with Crippen molar-refractivity contribution in [1.29, 1.82) is 0 Å². The molecule has 0 saturated carbocycles. The molecule has 1 aromatic heterocycles. The molecule has 1 aromatic carbocycles. The molecule has 25 heavy (non-hydrogen) atoms. The van der Waals surface area contributed by atoms with Crippen molar-refractivity contribution >= 4 is 23.2 Å². The zero-order valence-electron chi connectivity index (χ0n) is 14.2. The van der Waals surface area contributed by atoms with Crippen LogP contribution in [0.3, 0.4) is 0 Å². The molecule has 2 aromatic rings. The van der Waals surface area contributed by atoms with Crippen molar-refractivity contribution in [2.45, 2.75) is 25.7 Å². The Labute approximate surface area is 152 Å². The number of amides is 2. The van der Waals surface area contributed by atoms with Crippen molar-refractivity contribution in [2.75, 3.05) is 26.2 Å². The van der Waals surface area contributed by atoms with Gasteiger partial charge in [-0.05, 0) is 60.4 Å². The van der Waals surface area contributed by atoms with Gasteiger partial charge in [0.1, 0.15) is 0 Å². The summed E-state index contributed by atoms with van der Waals surface area (Å²) in [7, 11) is 0. The normalized spacial score (nSPS) is 17.3. The highest BCUT2D eigenvalue weighted by molar-refractivity contribution is 7.12. The molecule has 0 unspecified atom stereocenters. The Bertz CT molecular complexity index is 777. The molecule has 0 spiro atoms. The highest BCUT2D eigenvalue weighted by atomic mass is 32.1. The van der Waals surface area contributed by atoms with Gasteiger partial charge in [0.25, 0.3) is 11.8 Å². The number of thiophene rings is 1. The maximum atomic E-state index is 12.8. The molecule has 5 heteroatoms. The topological polar surface area (TPSA) is 40.6 Å². The van der Waals surface area contributed by atoms with E-state index in [2.05, 4.69) is 12.1 Å². The number of benzene rings is 1. The average Bonchev–Trinajstić information content (AvgIpc) is 3.21. The molecule has 130 valence electrons. The van der Waals surface area contributed by atoms with Gasteiger partial charge in [-0.15, -0.1) is 11.3 Å². The predicted molar refractivity (Wildman–Crippen MR) is 99.2 cm³/mol. The SMILES string of the molecule is O=C(c1ccc2c(c1)CCCC2)N1CCN(C(=O)c2cccs2)CC1. The molecule has 1 aliphatic heterocycles. The van der Waals surface area contributed by atoms with Gasteiger partial charge < -0.3 is 9.80 Å². The molecule has 2 heterocycles. The van der Waals surface area contributed by atoms with Crippen LogP contribution in [-0.2, 0) is 12.8 Å². The second-order valence-electron chi connectivity index (χ2n) is 6.75. The number of carbonyl (C=O) groups is 2. The summed E-state index contributed by atoms with van der Waals surface area (Å²) in [5.41, 5.74) is 3.52. The number of aryl methyl sites for hydroxylation is 2. The fraction of sp³-hybridized carbons (Fsp3) is 0.400. The smallest absolute Gasteiger partial charge is 0.264 e. The average molecular weight is 354 g/mol. The summed E-state index contributed by atoms with van der Waals surface area (Å²) < 4.78 is 0. The van der Waals surface area contributed by atoms with E-state index in [1.54, 1.807) is 0 Å². The lowest BCUT2D eigenvalue weighted by Gasteiger charge is -2.34. The van der Waals surface area contributed by atoms with Gasteiger partial charge >= 0.3 is 0 Å². The van der Waals surface area contributed by atoms with Crippen molar-refractivity contribution in [3.63, 3.8) is 0 Å². The van der Waals surface area contributed by atoms with Crippen LogP contribution in [-0.4, -0.2) is 47.8 Å². The highest BCUT2D eigenvalue weighted by Gasteiger charge is 2.26. The molecule has 1 fully saturated rings. The zero-order chi connectivity index (χ0) is 17.2. The lowest BCUT2D eigenvalue weighted by atomic mass is 9.90. The van der Waals surface area contributed by atoms with Crippen LogP contribution in [0.2, 0.25) is 0 Å². The number of nitrogens with zero attached hydrogens (tertiary/aromatic N) is 2. The fourth-order valence-corrected chi connectivity index (χ4v) is 4.41. The maximum absolute atomic E-state index is 12.8. The minimum absolute atomic E-state index is 0.0795. The molecule has 2 aliphatic rings. The molecule has 4 nitrogen and oxygen atoms in total. The Kier molecular flexibility index (Phi) is 4.57. The van der Waals surface area contributed by atoms with Crippen LogP contribution in [0.1, 0.15) is 44.0 Å². The first kappa shape index (κ1) is 16.3. The van der Waals surface area contributed by atoms with Crippen LogP contribution >= 0.6 is 11.3 Å². The fourth-order valence-electron chi connectivity index (χ4n) is 3.72. The van der Waals surface area contributed by atoms with E-state index < -0.39 is 0 Å². The first-order valence-corrected chi connectivity index (χ1v) is 9.84. The van der Waals surface area contributed by atoms with E-state index >= 15 is 0 Å². The second-order valence-corrected chi connectivity index (χ2v) is 7.70. The lowest BCUT2D eigenvalue weighted by molar-refractivity contribution is 0.0538. The van der Waals surface area contributed by atoms with Crippen LogP contribution in [0.15, 0.2) is 35.7 Å². The second kappa shape index (κ2) is 7.00. The Hall–Kier alpha value is -2.14. The molecule has 1 aliphatic carbocycles. The first-order chi connectivity index (χ1) is 12.2. The summed E-state index contributed by atoms with van der Waals surface area (Å²) in [6.07, 6.45) is 4.68. The first-order valence-electron chi connectivity index (χ1n) is 8.96. The van der Waals surface area contributed by atoms with E-state index in [0.29, 0.717) is 26.2 Å². The summed E-state index contributed by atoms with van der Waals surface area (Å²) in [6.45, 7) is 2.42. The van der Waals surface area contributed by atoms with Gasteiger partial charge in [-0.25, -0.2) is 0 Å². The summed E-state index contributed by atoms with van der Waals surface area (Å²) >= 11 is 1.47. The van der Waals surface area contributed by atoms with Gasteiger partial charge in [0.15, 0.2) is 0 Å². The lowest BCUT2D eigenvalue weighted by Crippen LogP contribution is -2.50. The standard InChI is InChI=1S/C20H22N2O2S/c23-19(17-8-7-15-4-1-2-5-16(15)14-17)21-9-11-22(12-10-21)20(24)18-6-3-13-25-18/h3,6-8,13-14H,1-2,4-5,9-12H2. The van der Waals surface area contributed by atoms with E-state index in [1.165, 1.54) is 35.3 Å². The number of hydrogen-bond acceptors (Lipinski definition) is 3. The Morgan fingerprint density at radius 3 is 2.20 bits per heavy atom. The summed E-state index contributed by atoms with van der Waals surface area (Å²) in [4.78, 5) is 29.7. The van der Waals surface area contributed by atoms with Gasteiger partial charge in [0, 0.05) is 31.7 Å². The Balaban J connectivity index is 1.40. The van der Waals surface area contributed by atoms with Crippen molar-refractivity contribution in [2.24, 2.45) is 0 Å². The zero-order valence-corrected chi connectivity index (χ0v) is 15.1. The van der Waals surface area contributed by atoms with Crippen LogP contribution < -0.4 is 0 Å². The molecule has 0 atom stereocenters. The third kappa shape index (κ3) is 3.33. The van der Waals surface area contributed by atoms with Gasteiger partial charge in [-0.2, -0.15) is 0 Å². The number of hydrogen-bond donors (Lipinski definition) is 0. The molecule has 2 amide bonds. The Morgan fingerprint density at radius 1 is 0.840 bits per heavy atom. The van der Waals surface area contributed by atoms with E-state index in [0.717, 1.165) is 23.3 Å². The quantitative estimate of drug-likeness (QED) is 0.831. The minimum Gasteiger partial charge on any atom is -0.335 e. The van der Waals surface area contributed by atoms with E-state index in [4.69, 9.17) is 0 Å². The van der Waals surface area contributed by atoms with Crippen LogP contribution in [0, 0.1) is 0 Å². The number of piperazine rings is 1. The van der Waals surface area contributed by atoms with Gasteiger partial charge in [-0.1, -0.05) is 12.1 Å². The molecule has 0 bridgehead atoms. The number of rotatable bonds is 2.